The number of carbonyl (C=O) groups excluding carboxylic acids is 1. The van der Waals surface area contributed by atoms with Crippen LogP contribution in [0.4, 0.5) is 0 Å². The molecular weight excluding hydrogens is 316 g/mol. The fourth-order valence-electron chi connectivity index (χ4n) is 2.61. The first-order valence-corrected chi connectivity index (χ1v) is 7.80. The molecule has 0 radical (unpaired) electrons. The van der Waals surface area contributed by atoms with Crippen molar-refractivity contribution in [1.82, 2.24) is 20.2 Å². The fraction of sp³-hybridized carbons (Fsp3) is 0.0526. The minimum Gasteiger partial charge on any atom is -0.426 e. The van der Waals surface area contributed by atoms with Crippen molar-refractivity contribution in [3.63, 3.8) is 0 Å². The van der Waals surface area contributed by atoms with Crippen LogP contribution in [0.3, 0.4) is 0 Å². The molecule has 0 fully saturated rings. The van der Waals surface area contributed by atoms with Crippen LogP contribution in [-0.4, -0.2) is 26.2 Å². The molecule has 0 aliphatic carbocycles. The number of hydrogen-bond donors (Lipinski definition) is 0. The molecule has 0 unspecified atom stereocenters. The number of tetrazole rings is 1. The van der Waals surface area contributed by atoms with E-state index in [1.807, 2.05) is 60.7 Å². The van der Waals surface area contributed by atoms with Gasteiger partial charge in [0.05, 0.1) is 12.1 Å². The van der Waals surface area contributed by atoms with E-state index in [0.29, 0.717) is 5.75 Å². The lowest BCUT2D eigenvalue weighted by atomic mass is 10.1. The van der Waals surface area contributed by atoms with Gasteiger partial charge in [-0.05, 0) is 51.0 Å². The summed E-state index contributed by atoms with van der Waals surface area (Å²) in [5, 5.41) is 13.2. The number of carbonyl (C=O) groups is 1. The zero-order valence-corrected chi connectivity index (χ0v) is 13.2. The highest BCUT2D eigenvalue weighted by Gasteiger charge is 2.08. The minimum absolute atomic E-state index is 0.197. The predicted molar refractivity (Wildman–Crippen MR) is 92.4 cm³/mol. The minimum atomic E-state index is -0.301. The second kappa shape index (κ2) is 6.52. The predicted octanol–water partition coefficient (Wildman–Crippen LogP) is 2.96. The van der Waals surface area contributed by atoms with Gasteiger partial charge in [0.25, 0.3) is 0 Å². The average molecular weight is 330 g/mol. The molecule has 0 aliphatic heterocycles. The monoisotopic (exact) mass is 330 g/mol. The van der Waals surface area contributed by atoms with Gasteiger partial charge >= 0.3 is 5.97 Å². The highest BCUT2D eigenvalue weighted by Crippen LogP contribution is 2.21. The standard InChI is InChI=1S/C19H14N4O2/c24-19(25-18-10-7-15-3-1-2-4-16(15)12-18)11-14-5-8-17(9-6-14)23-13-20-21-22-23/h1-10,12-13H,11H2. The van der Waals surface area contributed by atoms with Crippen molar-refractivity contribution in [2.75, 3.05) is 0 Å². The van der Waals surface area contributed by atoms with Crippen LogP contribution in [0.15, 0.2) is 73.1 Å². The smallest absolute Gasteiger partial charge is 0.315 e. The van der Waals surface area contributed by atoms with Crippen LogP contribution in [-0.2, 0) is 11.2 Å². The molecule has 4 aromatic rings. The lowest BCUT2D eigenvalue weighted by molar-refractivity contribution is -0.133. The summed E-state index contributed by atoms with van der Waals surface area (Å²) in [4.78, 5) is 12.2. The maximum absolute atomic E-state index is 12.2. The summed E-state index contributed by atoms with van der Waals surface area (Å²) in [6.07, 6.45) is 1.71. The third kappa shape index (κ3) is 3.37. The number of fused-ring (bicyclic) bond motifs is 1. The van der Waals surface area contributed by atoms with Gasteiger partial charge in [0.2, 0.25) is 0 Å². The molecule has 3 aromatic carbocycles. The Morgan fingerprint density at radius 2 is 1.76 bits per heavy atom. The van der Waals surface area contributed by atoms with Crippen molar-refractivity contribution < 1.29 is 9.53 Å². The third-order valence-electron chi connectivity index (χ3n) is 3.85. The van der Waals surface area contributed by atoms with Gasteiger partial charge in [-0.15, -0.1) is 5.10 Å². The van der Waals surface area contributed by atoms with E-state index in [-0.39, 0.29) is 12.4 Å². The van der Waals surface area contributed by atoms with Crippen molar-refractivity contribution in [3.05, 3.63) is 78.6 Å². The molecule has 1 aromatic heterocycles. The van der Waals surface area contributed by atoms with Crippen LogP contribution in [0.5, 0.6) is 5.75 Å². The number of aromatic nitrogens is 4. The topological polar surface area (TPSA) is 69.9 Å². The largest absolute Gasteiger partial charge is 0.426 e. The number of esters is 1. The fourth-order valence-corrected chi connectivity index (χ4v) is 2.61. The molecule has 0 saturated carbocycles. The van der Waals surface area contributed by atoms with Gasteiger partial charge in [-0.2, -0.15) is 0 Å². The summed E-state index contributed by atoms with van der Waals surface area (Å²) in [5.74, 6) is 0.250. The van der Waals surface area contributed by atoms with Gasteiger partial charge in [-0.1, -0.05) is 42.5 Å². The third-order valence-corrected chi connectivity index (χ3v) is 3.85. The maximum atomic E-state index is 12.2. The lowest BCUT2D eigenvalue weighted by Crippen LogP contribution is -2.11. The Morgan fingerprint density at radius 3 is 2.52 bits per heavy atom. The number of ether oxygens (including phenoxy) is 1. The second-order valence-corrected chi connectivity index (χ2v) is 5.58. The van der Waals surface area contributed by atoms with E-state index in [1.54, 1.807) is 10.7 Å². The molecule has 0 bridgehead atoms. The van der Waals surface area contributed by atoms with Crippen LogP contribution < -0.4 is 4.74 Å². The van der Waals surface area contributed by atoms with Crippen LogP contribution >= 0.6 is 0 Å². The Morgan fingerprint density at radius 1 is 0.960 bits per heavy atom. The molecule has 25 heavy (non-hydrogen) atoms. The van der Waals surface area contributed by atoms with Crippen molar-refractivity contribution in [2.24, 2.45) is 0 Å². The van der Waals surface area contributed by atoms with E-state index in [1.165, 1.54) is 6.33 Å². The number of rotatable bonds is 4. The lowest BCUT2D eigenvalue weighted by Gasteiger charge is -2.06. The highest BCUT2D eigenvalue weighted by molar-refractivity contribution is 5.85. The zero-order chi connectivity index (χ0) is 17.1. The molecule has 6 nitrogen and oxygen atoms in total. The Hall–Kier alpha value is -3.54. The Balaban J connectivity index is 1.44. The van der Waals surface area contributed by atoms with E-state index in [9.17, 15) is 4.79 Å². The molecular formula is C19H14N4O2. The molecule has 6 heteroatoms. The summed E-state index contributed by atoms with van der Waals surface area (Å²) in [6.45, 7) is 0. The summed E-state index contributed by atoms with van der Waals surface area (Å²) in [5.41, 5.74) is 1.69. The molecule has 0 aliphatic rings. The molecule has 0 spiro atoms. The van der Waals surface area contributed by atoms with Crippen LogP contribution in [0.2, 0.25) is 0 Å². The van der Waals surface area contributed by atoms with Gasteiger partial charge in [0.15, 0.2) is 0 Å². The molecule has 0 saturated heterocycles. The average Bonchev–Trinajstić information content (AvgIpc) is 3.17. The van der Waals surface area contributed by atoms with Crippen molar-refractivity contribution in [1.29, 1.82) is 0 Å². The van der Waals surface area contributed by atoms with Crippen molar-refractivity contribution >= 4 is 16.7 Å². The quantitative estimate of drug-likeness (QED) is 0.425. The van der Waals surface area contributed by atoms with Crippen LogP contribution in [0.1, 0.15) is 5.56 Å². The van der Waals surface area contributed by atoms with Gasteiger partial charge in [-0.3, -0.25) is 4.79 Å². The van der Waals surface area contributed by atoms with E-state index in [4.69, 9.17) is 4.74 Å². The molecule has 0 N–H and O–H groups in total. The summed E-state index contributed by atoms with van der Waals surface area (Å²) < 4.78 is 7.01. The molecule has 0 atom stereocenters. The van der Waals surface area contributed by atoms with E-state index >= 15 is 0 Å². The number of benzene rings is 3. The van der Waals surface area contributed by atoms with Gasteiger partial charge in [-0.25, -0.2) is 4.68 Å². The van der Waals surface area contributed by atoms with Crippen molar-refractivity contribution in [3.8, 4) is 11.4 Å². The van der Waals surface area contributed by atoms with E-state index in [0.717, 1.165) is 22.0 Å². The Kier molecular flexibility index (Phi) is 3.92. The SMILES string of the molecule is O=C(Cc1ccc(-n2cnnn2)cc1)Oc1ccc2ccccc2c1. The summed E-state index contributed by atoms with van der Waals surface area (Å²) in [7, 11) is 0. The van der Waals surface area contributed by atoms with E-state index in [2.05, 4.69) is 15.5 Å². The second-order valence-electron chi connectivity index (χ2n) is 5.58. The molecule has 0 amide bonds. The molecule has 122 valence electrons. The van der Waals surface area contributed by atoms with Gasteiger partial charge in [0.1, 0.15) is 12.1 Å². The van der Waals surface area contributed by atoms with Gasteiger partial charge < -0.3 is 4.74 Å². The summed E-state index contributed by atoms with van der Waals surface area (Å²) in [6, 6.07) is 21.0. The first-order chi connectivity index (χ1) is 12.3. The van der Waals surface area contributed by atoms with Crippen molar-refractivity contribution in [2.45, 2.75) is 6.42 Å². The van der Waals surface area contributed by atoms with Crippen LogP contribution in [0, 0.1) is 0 Å². The van der Waals surface area contributed by atoms with Crippen LogP contribution in [0.25, 0.3) is 16.5 Å². The zero-order valence-electron chi connectivity index (χ0n) is 13.2. The Bertz CT molecular complexity index is 1010. The molecule has 1 heterocycles. The maximum Gasteiger partial charge on any atom is 0.315 e. The first kappa shape index (κ1) is 15.0. The van der Waals surface area contributed by atoms with E-state index < -0.39 is 0 Å². The molecule has 4 rings (SSSR count). The van der Waals surface area contributed by atoms with Gasteiger partial charge in [0, 0.05) is 0 Å². The normalized spacial score (nSPS) is 10.7. The first-order valence-electron chi connectivity index (χ1n) is 7.80. The number of hydrogen-bond acceptors (Lipinski definition) is 5. The number of nitrogens with zero attached hydrogens (tertiary/aromatic N) is 4. The Labute approximate surface area is 143 Å². The highest BCUT2D eigenvalue weighted by atomic mass is 16.5. The summed E-state index contributed by atoms with van der Waals surface area (Å²) >= 11 is 0.